The number of fused-ring (bicyclic) bond motifs is 2. The Hall–Kier alpha value is -3.17. The summed E-state index contributed by atoms with van der Waals surface area (Å²) in [5.74, 6) is -1.40. The van der Waals surface area contributed by atoms with E-state index in [1.807, 2.05) is 0 Å². The second-order valence-corrected chi connectivity index (χ2v) is 7.14. The van der Waals surface area contributed by atoms with E-state index in [1.165, 1.54) is 16.9 Å². The summed E-state index contributed by atoms with van der Waals surface area (Å²) in [4.78, 5) is 28.8. The van der Waals surface area contributed by atoms with Crippen molar-refractivity contribution in [2.45, 2.75) is 0 Å². The lowest BCUT2D eigenvalue weighted by atomic mass is 10.2. The van der Waals surface area contributed by atoms with Crippen LogP contribution in [0.4, 0.5) is 17.1 Å². The molecule has 1 aromatic carbocycles. The molecule has 2 aromatic rings. The SMILES string of the molecule is CN1c2ccccc2N=C(N2CCNCC2)c2cscc21.O=C(O)C=CC(=O)O. The quantitative estimate of drug-likeness (QED) is 0.649. The summed E-state index contributed by atoms with van der Waals surface area (Å²) in [5, 5.41) is 23.5. The molecule has 0 aliphatic carbocycles. The van der Waals surface area contributed by atoms with Gasteiger partial charge in [-0.05, 0) is 12.1 Å². The van der Waals surface area contributed by atoms with E-state index in [1.54, 1.807) is 11.3 Å². The Morgan fingerprint density at radius 2 is 1.72 bits per heavy atom. The van der Waals surface area contributed by atoms with E-state index in [0.29, 0.717) is 12.2 Å². The minimum atomic E-state index is -1.26. The van der Waals surface area contributed by atoms with Crippen LogP contribution in [0.5, 0.6) is 0 Å². The molecule has 1 aromatic heterocycles. The number of aliphatic carboxylic acids is 2. The van der Waals surface area contributed by atoms with E-state index < -0.39 is 11.9 Å². The monoisotopic (exact) mass is 414 g/mol. The van der Waals surface area contributed by atoms with E-state index in [4.69, 9.17) is 15.2 Å². The highest BCUT2D eigenvalue weighted by molar-refractivity contribution is 7.08. The number of carboxylic acid groups (broad SMARTS) is 2. The number of amidine groups is 1. The van der Waals surface area contributed by atoms with Crippen LogP contribution in [0.25, 0.3) is 0 Å². The molecular weight excluding hydrogens is 392 g/mol. The van der Waals surface area contributed by atoms with Gasteiger partial charge in [-0.2, -0.15) is 0 Å². The molecule has 1 saturated heterocycles. The van der Waals surface area contributed by atoms with Crippen molar-refractivity contribution in [1.82, 2.24) is 10.2 Å². The maximum Gasteiger partial charge on any atom is 0.328 e. The van der Waals surface area contributed by atoms with Crippen molar-refractivity contribution in [3.05, 3.63) is 52.7 Å². The van der Waals surface area contributed by atoms with Crippen LogP contribution < -0.4 is 10.2 Å². The van der Waals surface area contributed by atoms with Crippen LogP contribution in [0.2, 0.25) is 0 Å². The number of nitrogens with one attached hydrogen (secondary N) is 1. The van der Waals surface area contributed by atoms with Gasteiger partial charge >= 0.3 is 11.9 Å². The second-order valence-electron chi connectivity index (χ2n) is 6.40. The predicted octanol–water partition coefficient (Wildman–Crippen LogP) is 2.52. The lowest BCUT2D eigenvalue weighted by molar-refractivity contribution is -0.134. The number of piperazine rings is 1. The summed E-state index contributed by atoms with van der Waals surface area (Å²) in [6, 6.07) is 8.38. The molecule has 0 radical (unpaired) electrons. The van der Waals surface area contributed by atoms with E-state index >= 15 is 0 Å². The fourth-order valence-corrected chi connectivity index (χ4v) is 3.97. The molecule has 4 rings (SSSR count). The first-order valence-electron chi connectivity index (χ1n) is 9.05. The van der Waals surface area contributed by atoms with Crippen LogP contribution in [0.3, 0.4) is 0 Å². The number of anilines is 2. The lowest BCUT2D eigenvalue weighted by Gasteiger charge is -2.30. The Kier molecular flexibility index (Phi) is 6.63. The van der Waals surface area contributed by atoms with Crippen molar-refractivity contribution in [3.63, 3.8) is 0 Å². The topological polar surface area (TPSA) is 105 Å². The number of rotatable bonds is 2. The van der Waals surface area contributed by atoms with Crippen molar-refractivity contribution in [3.8, 4) is 0 Å². The van der Waals surface area contributed by atoms with Crippen LogP contribution in [0, 0.1) is 0 Å². The van der Waals surface area contributed by atoms with Crippen molar-refractivity contribution in [2.24, 2.45) is 4.99 Å². The van der Waals surface area contributed by atoms with Crippen LogP contribution in [-0.2, 0) is 9.59 Å². The summed E-state index contributed by atoms with van der Waals surface area (Å²) in [6.45, 7) is 4.08. The molecule has 0 amide bonds. The molecule has 2 aliphatic rings. The molecule has 1 fully saturated rings. The Labute approximate surface area is 172 Å². The number of aliphatic imine (C=N–C) groups is 1. The Bertz CT molecular complexity index is 931. The summed E-state index contributed by atoms with van der Waals surface area (Å²) < 4.78 is 0. The van der Waals surface area contributed by atoms with Gasteiger partial charge < -0.3 is 25.3 Å². The zero-order valence-corrected chi connectivity index (χ0v) is 16.7. The molecule has 3 N–H and O–H groups in total. The molecule has 9 heteroatoms. The maximum atomic E-state index is 9.55. The van der Waals surface area contributed by atoms with Gasteiger partial charge in [0.2, 0.25) is 0 Å². The molecule has 8 nitrogen and oxygen atoms in total. The normalized spacial score (nSPS) is 15.6. The zero-order chi connectivity index (χ0) is 20.8. The number of benzene rings is 1. The molecule has 0 spiro atoms. The predicted molar refractivity (Wildman–Crippen MR) is 114 cm³/mol. The first kappa shape index (κ1) is 20.6. The summed E-state index contributed by atoms with van der Waals surface area (Å²) in [5.41, 5.74) is 4.72. The van der Waals surface area contributed by atoms with Gasteiger partial charge in [0, 0.05) is 56.1 Å². The molecule has 0 saturated carbocycles. The van der Waals surface area contributed by atoms with Crippen molar-refractivity contribution in [1.29, 1.82) is 0 Å². The van der Waals surface area contributed by atoms with Gasteiger partial charge in [0.05, 0.1) is 22.6 Å². The highest BCUT2D eigenvalue weighted by Crippen LogP contribution is 2.40. The molecule has 152 valence electrons. The number of hydrogen-bond acceptors (Lipinski definition) is 7. The van der Waals surface area contributed by atoms with Crippen LogP contribution in [0.15, 0.2) is 52.2 Å². The number of thiophene rings is 1. The average Bonchev–Trinajstić information content (AvgIpc) is 3.17. The standard InChI is InChI=1S/C16H18N4S.C4H4O4/c1-19-14-5-3-2-4-13(14)18-16(12-10-21-11-15(12)19)20-8-6-17-7-9-20;5-3(6)1-2-4(7)8/h2-5,10-11,17H,6-9H2,1H3;1-2H,(H,5,6)(H,7,8). The average molecular weight is 414 g/mol. The minimum absolute atomic E-state index is 0.558. The van der Waals surface area contributed by atoms with Gasteiger partial charge in [0.1, 0.15) is 5.84 Å². The smallest absolute Gasteiger partial charge is 0.328 e. The molecule has 2 aliphatic heterocycles. The molecule has 0 bridgehead atoms. The summed E-state index contributed by atoms with van der Waals surface area (Å²) in [7, 11) is 2.13. The number of carboxylic acids is 2. The first-order chi connectivity index (χ1) is 14.0. The minimum Gasteiger partial charge on any atom is -0.478 e. The van der Waals surface area contributed by atoms with Gasteiger partial charge in [0.25, 0.3) is 0 Å². The van der Waals surface area contributed by atoms with Crippen molar-refractivity contribution >= 4 is 46.2 Å². The van der Waals surface area contributed by atoms with Gasteiger partial charge in [-0.25, -0.2) is 14.6 Å². The second kappa shape index (κ2) is 9.35. The molecule has 3 heterocycles. The van der Waals surface area contributed by atoms with E-state index in [9.17, 15) is 9.59 Å². The number of para-hydroxylation sites is 2. The highest BCUT2D eigenvalue weighted by atomic mass is 32.1. The van der Waals surface area contributed by atoms with Gasteiger partial charge in [0.15, 0.2) is 0 Å². The Balaban J connectivity index is 0.000000258. The zero-order valence-electron chi connectivity index (χ0n) is 15.9. The molecule has 0 unspecified atom stereocenters. The van der Waals surface area contributed by atoms with E-state index in [2.05, 4.69) is 57.2 Å². The molecular formula is C20H22N4O4S. The van der Waals surface area contributed by atoms with Crippen LogP contribution in [-0.4, -0.2) is 66.1 Å². The van der Waals surface area contributed by atoms with Crippen molar-refractivity contribution in [2.75, 3.05) is 38.1 Å². The van der Waals surface area contributed by atoms with Crippen LogP contribution in [0.1, 0.15) is 5.56 Å². The Morgan fingerprint density at radius 3 is 2.38 bits per heavy atom. The largest absolute Gasteiger partial charge is 0.478 e. The number of nitrogens with zero attached hydrogens (tertiary/aromatic N) is 3. The Morgan fingerprint density at radius 1 is 1.07 bits per heavy atom. The first-order valence-corrected chi connectivity index (χ1v) is 9.99. The van der Waals surface area contributed by atoms with Gasteiger partial charge in [-0.1, -0.05) is 12.1 Å². The fourth-order valence-electron chi connectivity index (χ4n) is 3.12. The van der Waals surface area contributed by atoms with Gasteiger partial charge in [-0.15, -0.1) is 11.3 Å². The van der Waals surface area contributed by atoms with Crippen molar-refractivity contribution < 1.29 is 19.8 Å². The highest BCUT2D eigenvalue weighted by Gasteiger charge is 2.25. The third kappa shape index (κ3) is 5.01. The van der Waals surface area contributed by atoms with Gasteiger partial charge in [-0.3, -0.25) is 0 Å². The maximum absolute atomic E-state index is 9.55. The molecule has 0 atom stereocenters. The third-order valence-corrected chi connectivity index (χ3v) is 5.23. The van der Waals surface area contributed by atoms with E-state index in [0.717, 1.165) is 37.7 Å². The fraction of sp³-hybridized carbons (Fsp3) is 0.250. The summed E-state index contributed by atoms with van der Waals surface area (Å²) >= 11 is 1.75. The van der Waals surface area contributed by atoms with E-state index in [-0.39, 0.29) is 0 Å². The third-order valence-electron chi connectivity index (χ3n) is 4.50. The number of hydrogen-bond donors (Lipinski definition) is 3. The summed E-state index contributed by atoms with van der Waals surface area (Å²) in [6.07, 6.45) is 1.12. The lowest BCUT2D eigenvalue weighted by Crippen LogP contribution is -2.46. The number of carbonyl (C=O) groups is 2. The van der Waals surface area contributed by atoms with Crippen LogP contribution >= 0.6 is 11.3 Å². The molecule has 29 heavy (non-hydrogen) atoms.